The van der Waals surface area contributed by atoms with E-state index in [0.29, 0.717) is 12.5 Å². The maximum atomic E-state index is 11.8. The summed E-state index contributed by atoms with van der Waals surface area (Å²) in [6.45, 7) is 7.51. The van der Waals surface area contributed by atoms with Crippen LogP contribution in [0.3, 0.4) is 0 Å². The van der Waals surface area contributed by atoms with Gasteiger partial charge in [0.25, 0.3) is 0 Å². The second-order valence-corrected chi connectivity index (χ2v) is 7.30. The highest BCUT2D eigenvalue weighted by Gasteiger charge is 2.38. The first-order valence-corrected chi connectivity index (χ1v) is 7.59. The van der Waals surface area contributed by atoms with E-state index >= 15 is 0 Å². The van der Waals surface area contributed by atoms with Crippen LogP contribution in [0.15, 0.2) is 0 Å². The third-order valence-electron chi connectivity index (χ3n) is 4.56. The average molecular weight is 267 g/mol. The van der Waals surface area contributed by atoms with Crippen LogP contribution >= 0.6 is 0 Å². The molecule has 19 heavy (non-hydrogen) atoms. The molecule has 2 saturated heterocycles. The van der Waals surface area contributed by atoms with Crippen molar-refractivity contribution in [2.24, 2.45) is 5.92 Å². The van der Waals surface area contributed by atoms with E-state index in [2.05, 4.69) is 43.4 Å². The number of carbonyl (C=O) groups is 1. The molecule has 4 heteroatoms. The summed E-state index contributed by atoms with van der Waals surface area (Å²) < 4.78 is 0. The molecule has 2 bridgehead atoms. The van der Waals surface area contributed by atoms with Crippen molar-refractivity contribution >= 4 is 5.91 Å². The number of rotatable bonds is 4. The third kappa shape index (κ3) is 4.18. The minimum Gasteiger partial charge on any atom is -0.355 e. The molecule has 0 aromatic heterocycles. The molecule has 4 nitrogen and oxygen atoms in total. The molecule has 2 N–H and O–H groups in total. The molecule has 2 fully saturated rings. The van der Waals surface area contributed by atoms with E-state index < -0.39 is 0 Å². The molecule has 2 aliphatic heterocycles. The molecule has 0 aromatic rings. The van der Waals surface area contributed by atoms with Gasteiger partial charge in [0, 0.05) is 24.2 Å². The van der Waals surface area contributed by atoms with E-state index in [1.807, 2.05) is 0 Å². The third-order valence-corrected chi connectivity index (χ3v) is 4.56. The minimum absolute atomic E-state index is 0.00397. The first kappa shape index (κ1) is 14.8. The first-order chi connectivity index (χ1) is 8.85. The lowest BCUT2D eigenvalue weighted by atomic mass is 9.91. The molecule has 0 spiro atoms. The van der Waals surface area contributed by atoms with E-state index in [1.54, 1.807) is 0 Å². The Bertz CT molecular complexity index is 310. The summed E-state index contributed by atoms with van der Waals surface area (Å²) in [5.74, 6) is 0.800. The summed E-state index contributed by atoms with van der Waals surface area (Å²) in [5.41, 5.74) is 0.00397. The van der Waals surface area contributed by atoms with Crippen molar-refractivity contribution in [1.29, 1.82) is 0 Å². The van der Waals surface area contributed by atoms with Crippen LogP contribution in [0.5, 0.6) is 0 Å². The predicted octanol–water partition coefficient (Wildman–Crippen LogP) is 1.36. The molecule has 2 aliphatic rings. The van der Waals surface area contributed by atoms with Crippen LogP contribution < -0.4 is 10.6 Å². The van der Waals surface area contributed by atoms with E-state index in [-0.39, 0.29) is 11.4 Å². The molecular formula is C15H29N3O. The Labute approximate surface area is 117 Å². The predicted molar refractivity (Wildman–Crippen MR) is 78.1 cm³/mol. The van der Waals surface area contributed by atoms with Crippen LogP contribution in [0.1, 0.15) is 46.5 Å². The normalized spacial score (nSPS) is 31.5. The van der Waals surface area contributed by atoms with Crippen molar-refractivity contribution in [2.75, 3.05) is 20.1 Å². The maximum absolute atomic E-state index is 11.8. The zero-order valence-corrected chi connectivity index (χ0v) is 12.8. The average Bonchev–Trinajstić information content (AvgIpc) is 2.55. The van der Waals surface area contributed by atoms with E-state index in [9.17, 15) is 4.79 Å². The molecule has 2 heterocycles. The molecule has 110 valence electrons. The largest absolute Gasteiger partial charge is 0.355 e. The molecule has 0 aromatic carbocycles. The fourth-order valence-electron chi connectivity index (χ4n) is 3.36. The Kier molecular flexibility index (Phi) is 4.51. The smallest absolute Gasteiger partial charge is 0.233 e. The second kappa shape index (κ2) is 5.80. The van der Waals surface area contributed by atoms with Crippen molar-refractivity contribution in [3.05, 3.63) is 0 Å². The molecule has 0 aliphatic carbocycles. The number of hydrogen-bond donors (Lipinski definition) is 2. The van der Waals surface area contributed by atoms with E-state index in [0.717, 1.165) is 18.6 Å². The summed E-state index contributed by atoms with van der Waals surface area (Å²) in [7, 11) is 2.25. The second-order valence-electron chi connectivity index (χ2n) is 7.30. The van der Waals surface area contributed by atoms with Crippen molar-refractivity contribution in [3.8, 4) is 0 Å². The van der Waals surface area contributed by atoms with Gasteiger partial charge in [0.15, 0.2) is 0 Å². The Balaban J connectivity index is 1.68. The van der Waals surface area contributed by atoms with Gasteiger partial charge in [-0.15, -0.1) is 0 Å². The number of carbonyl (C=O) groups excluding carboxylic acids is 1. The monoisotopic (exact) mass is 267 g/mol. The summed E-state index contributed by atoms with van der Waals surface area (Å²) in [4.78, 5) is 14.3. The van der Waals surface area contributed by atoms with Crippen LogP contribution in [0.4, 0.5) is 0 Å². The van der Waals surface area contributed by atoms with Gasteiger partial charge in [0.1, 0.15) is 0 Å². The summed E-state index contributed by atoms with van der Waals surface area (Å²) >= 11 is 0. The van der Waals surface area contributed by atoms with Gasteiger partial charge in [0.05, 0.1) is 6.54 Å². The zero-order valence-electron chi connectivity index (χ0n) is 12.8. The van der Waals surface area contributed by atoms with E-state index in [1.165, 1.54) is 25.7 Å². The molecule has 0 radical (unpaired) electrons. The van der Waals surface area contributed by atoms with Crippen LogP contribution in [0, 0.1) is 5.92 Å². The van der Waals surface area contributed by atoms with Crippen molar-refractivity contribution in [1.82, 2.24) is 15.5 Å². The fraction of sp³-hybridized carbons (Fsp3) is 0.933. The standard InChI is InChI=1S/C15H29N3O/c1-15(2,3)17-10-14(19)16-9-11-7-12-5-6-13(8-11)18(12)4/h11-13,17H,5-10H2,1-4H3,(H,16,19). The minimum atomic E-state index is 0.00397. The van der Waals surface area contributed by atoms with Crippen molar-refractivity contribution < 1.29 is 4.79 Å². The summed E-state index contributed by atoms with van der Waals surface area (Å²) in [6.07, 6.45) is 5.19. The molecule has 0 saturated carbocycles. The van der Waals surface area contributed by atoms with Gasteiger partial charge in [-0.1, -0.05) is 0 Å². The van der Waals surface area contributed by atoms with Crippen LogP contribution in [-0.4, -0.2) is 48.6 Å². The number of nitrogens with zero attached hydrogens (tertiary/aromatic N) is 1. The van der Waals surface area contributed by atoms with Crippen molar-refractivity contribution in [3.63, 3.8) is 0 Å². The van der Waals surface area contributed by atoms with E-state index in [4.69, 9.17) is 0 Å². The van der Waals surface area contributed by atoms with Gasteiger partial charge in [0.2, 0.25) is 5.91 Å². The van der Waals surface area contributed by atoms with Crippen LogP contribution in [0.2, 0.25) is 0 Å². The molecular weight excluding hydrogens is 238 g/mol. The van der Waals surface area contributed by atoms with Crippen LogP contribution in [-0.2, 0) is 4.79 Å². The summed E-state index contributed by atoms with van der Waals surface area (Å²) in [6, 6.07) is 1.52. The lowest BCUT2D eigenvalue weighted by Crippen LogP contribution is -2.46. The highest BCUT2D eigenvalue weighted by atomic mass is 16.1. The first-order valence-electron chi connectivity index (χ1n) is 7.59. The quantitative estimate of drug-likeness (QED) is 0.808. The molecule has 2 atom stereocenters. The highest BCUT2D eigenvalue weighted by Crippen LogP contribution is 2.36. The lowest BCUT2D eigenvalue weighted by molar-refractivity contribution is -0.120. The number of hydrogen-bond acceptors (Lipinski definition) is 3. The van der Waals surface area contributed by atoms with Gasteiger partial charge in [-0.25, -0.2) is 0 Å². The lowest BCUT2D eigenvalue weighted by Gasteiger charge is -2.36. The molecule has 1 amide bonds. The van der Waals surface area contributed by atoms with Gasteiger partial charge < -0.3 is 15.5 Å². The zero-order chi connectivity index (χ0) is 14.0. The van der Waals surface area contributed by atoms with Gasteiger partial charge in [-0.2, -0.15) is 0 Å². The number of fused-ring (bicyclic) bond motifs is 2. The summed E-state index contributed by atoms with van der Waals surface area (Å²) in [5, 5.41) is 6.31. The Morgan fingerprint density at radius 3 is 2.32 bits per heavy atom. The fourth-order valence-corrected chi connectivity index (χ4v) is 3.36. The van der Waals surface area contributed by atoms with Gasteiger partial charge >= 0.3 is 0 Å². The topological polar surface area (TPSA) is 44.4 Å². The van der Waals surface area contributed by atoms with Crippen molar-refractivity contribution in [2.45, 2.75) is 64.1 Å². The SMILES string of the molecule is CN1C2CCC1CC(CNC(=O)CNC(C)(C)C)C2. The molecule has 2 unspecified atom stereocenters. The number of nitrogens with one attached hydrogen (secondary N) is 2. The Morgan fingerprint density at radius 1 is 1.21 bits per heavy atom. The highest BCUT2D eigenvalue weighted by molar-refractivity contribution is 5.78. The Morgan fingerprint density at radius 2 is 1.79 bits per heavy atom. The van der Waals surface area contributed by atoms with Gasteiger partial charge in [-0.05, 0) is 59.4 Å². The molecule has 2 rings (SSSR count). The van der Waals surface area contributed by atoms with Gasteiger partial charge in [-0.3, -0.25) is 4.79 Å². The maximum Gasteiger partial charge on any atom is 0.233 e. The Hall–Kier alpha value is -0.610. The number of piperidine rings is 1. The number of amides is 1. The van der Waals surface area contributed by atoms with Crippen LogP contribution in [0.25, 0.3) is 0 Å².